The number of methoxy groups -OCH3 is 2. The van der Waals surface area contributed by atoms with Gasteiger partial charge in [-0.1, -0.05) is 6.07 Å². The van der Waals surface area contributed by atoms with Gasteiger partial charge >= 0.3 is 0 Å². The predicted octanol–water partition coefficient (Wildman–Crippen LogP) is 4.65. The highest BCUT2D eigenvalue weighted by Crippen LogP contribution is 2.47. The van der Waals surface area contributed by atoms with Crippen LogP contribution < -0.4 is 19.7 Å². The van der Waals surface area contributed by atoms with Gasteiger partial charge in [0.2, 0.25) is 0 Å². The molecule has 0 bridgehead atoms. The zero-order valence-electron chi connectivity index (χ0n) is 15.9. The average molecular weight is 412 g/mol. The van der Waals surface area contributed by atoms with Crippen molar-refractivity contribution >= 4 is 34.4 Å². The molecule has 1 aliphatic heterocycles. The maximum atomic E-state index is 5.77. The molecule has 0 unspecified atom stereocenters. The first-order valence-corrected chi connectivity index (χ1v) is 10.2. The van der Waals surface area contributed by atoms with Crippen LogP contribution in [0.5, 0.6) is 11.5 Å². The molecule has 7 heteroatoms. The van der Waals surface area contributed by atoms with Crippen LogP contribution in [0, 0.1) is 6.92 Å². The van der Waals surface area contributed by atoms with Gasteiger partial charge in [-0.15, -0.1) is 11.3 Å². The van der Waals surface area contributed by atoms with Crippen molar-refractivity contribution < 1.29 is 9.47 Å². The van der Waals surface area contributed by atoms with Crippen molar-refractivity contribution in [2.24, 2.45) is 0 Å². The summed E-state index contributed by atoms with van der Waals surface area (Å²) < 4.78 is 11.0. The summed E-state index contributed by atoms with van der Waals surface area (Å²) in [7, 11) is 3.30. The summed E-state index contributed by atoms with van der Waals surface area (Å²) in [6.45, 7) is 2.13. The van der Waals surface area contributed by atoms with Crippen molar-refractivity contribution in [1.82, 2.24) is 10.3 Å². The molecule has 0 saturated carbocycles. The number of rotatable bonds is 5. The highest BCUT2D eigenvalue weighted by Gasteiger charge is 2.42. The summed E-state index contributed by atoms with van der Waals surface area (Å²) in [4.78, 5) is 7.97. The van der Waals surface area contributed by atoms with Crippen LogP contribution in [0.3, 0.4) is 0 Å². The number of anilines is 1. The van der Waals surface area contributed by atoms with E-state index in [0.29, 0.717) is 10.9 Å². The molecule has 2 atom stereocenters. The van der Waals surface area contributed by atoms with Crippen LogP contribution in [-0.4, -0.2) is 24.3 Å². The average Bonchev–Trinajstić information content (AvgIpc) is 3.30. The molecular formula is C21H21N3O2S2. The Balaban J connectivity index is 1.86. The minimum atomic E-state index is -0.0575. The van der Waals surface area contributed by atoms with Gasteiger partial charge < -0.3 is 19.7 Å². The summed E-state index contributed by atoms with van der Waals surface area (Å²) in [6.07, 6.45) is 1.81. The van der Waals surface area contributed by atoms with Crippen LogP contribution >= 0.6 is 23.6 Å². The summed E-state index contributed by atoms with van der Waals surface area (Å²) in [5.74, 6) is 1.45. The maximum absolute atomic E-state index is 5.77. The van der Waals surface area contributed by atoms with Gasteiger partial charge in [-0.05, 0) is 60.4 Å². The molecule has 0 radical (unpaired) electrons. The van der Waals surface area contributed by atoms with E-state index in [2.05, 4.69) is 33.6 Å². The van der Waals surface area contributed by atoms with Crippen LogP contribution in [0.15, 0.2) is 54.0 Å². The minimum absolute atomic E-state index is 0.0234. The number of thiophene rings is 1. The Kier molecular flexibility index (Phi) is 5.19. The minimum Gasteiger partial charge on any atom is -0.497 e. The molecule has 1 aliphatic rings. The number of thiocarbonyl (C=S) groups is 1. The van der Waals surface area contributed by atoms with Gasteiger partial charge in [0.25, 0.3) is 0 Å². The first-order chi connectivity index (χ1) is 13.6. The normalized spacial score (nSPS) is 18.8. The Hall–Kier alpha value is -2.64. The fourth-order valence-corrected chi connectivity index (χ4v) is 4.94. The van der Waals surface area contributed by atoms with Gasteiger partial charge in [0.1, 0.15) is 11.5 Å². The molecule has 3 aromatic rings. The first kappa shape index (κ1) is 18.7. The highest BCUT2D eigenvalue weighted by molar-refractivity contribution is 7.80. The lowest BCUT2D eigenvalue weighted by Crippen LogP contribution is -2.29. The largest absolute Gasteiger partial charge is 0.497 e. The molecule has 3 heterocycles. The number of pyridine rings is 1. The van der Waals surface area contributed by atoms with Gasteiger partial charge in [-0.25, -0.2) is 0 Å². The van der Waals surface area contributed by atoms with E-state index in [-0.39, 0.29) is 12.1 Å². The van der Waals surface area contributed by atoms with E-state index >= 15 is 0 Å². The van der Waals surface area contributed by atoms with E-state index in [9.17, 15) is 0 Å². The van der Waals surface area contributed by atoms with Gasteiger partial charge in [0, 0.05) is 17.1 Å². The summed E-state index contributed by atoms with van der Waals surface area (Å²) in [5, 5.41) is 6.24. The van der Waals surface area contributed by atoms with Crippen molar-refractivity contribution in [3.63, 3.8) is 0 Å². The molecule has 28 heavy (non-hydrogen) atoms. The van der Waals surface area contributed by atoms with Gasteiger partial charge in [0.05, 0.1) is 37.7 Å². The molecule has 1 saturated heterocycles. The van der Waals surface area contributed by atoms with Crippen LogP contribution in [0.4, 0.5) is 5.69 Å². The third-order valence-electron chi connectivity index (χ3n) is 4.91. The van der Waals surface area contributed by atoms with Crippen molar-refractivity contribution in [2.45, 2.75) is 19.0 Å². The maximum Gasteiger partial charge on any atom is 0.174 e. The van der Waals surface area contributed by atoms with Crippen LogP contribution in [-0.2, 0) is 0 Å². The summed E-state index contributed by atoms with van der Waals surface area (Å²) >= 11 is 7.50. The Bertz CT molecular complexity index is 990. The fourth-order valence-electron chi connectivity index (χ4n) is 3.55. The molecule has 2 aromatic heterocycles. The number of nitrogens with zero attached hydrogens (tertiary/aromatic N) is 2. The molecular weight excluding hydrogens is 390 g/mol. The number of aryl methyl sites for hydroxylation is 1. The predicted molar refractivity (Wildman–Crippen MR) is 117 cm³/mol. The van der Waals surface area contributed by atoms with Gasteiger partial charge in [-0.2, -0.15) is 0 Å². The molecule has 0 amide bonds. The Labute approximate surface area is 173 Å². The number of hydrogen-bond donors (Lipinski definition) is 1. The third kappa shape index (κ3) is 3.21. The Morgan fingerprint density at radius 1 is 1.14 bits per heavy atom. The Morgan fingerprint density at radius 2 is 2.00 bits per heavy atom. The SMILES string of the molecule is COc1ccc(N2C(=S)N[C@@H](c3ccccn3)[C@H]2c2sccc2C)c(OC)c1. The molecule has 5 nitrogen and oxygen atoms in total. The summed E-state index contributed by atoms with van der Waals surface area (Å²) in [6, 6.07) is 13.8. The fraction of sp³-hybridized carbons (Fsp3) is 0.238. The van der Waals surface area contributed by atoms with E-state index in [4.69, 9.17) is 21.7 Å². The topological polar surface area (TPSA) is 46.6 Å². The van der Waals surface area contributed by atoms with E-state index in [0.717, 1.165) is 17.1 Å². The molecule has 1 N–H and O–H groups in total. The van der Waals surface area contributed by atoms with Crippen LogP contribution in [0.25, 0.3) is 0 Å². The van der Waals surface area contributed by atoms with Crippen LogP contribution in [0.1, 0.15) is 28.2 Å². The molecule has 1 fully saturated rings. The quantitative estimate of drug-likeness (QED) is 0.617. The lowest BCUT2D eigenvalue weighted by Gasteiger charge is -2.29. The lowest BCUT2D eigenvalue weighted by atomic mass is 10.0. The first-order valence-electron chi connectivity index (χ1n) is 8.90. The highest BCUT2D eigenvalue weighted by atomic mass is 32.1. The molecule has 144 valence electrons. The molecule has 0 aliphatic carbocycles. The van der Waals surface area contributed by atoms with Crippen molar-refractivity contribution in [2.75, 3.05) is 19.1 Å². The number of ether oxygens (including phenoxy) is 2. The standard InChI is InChI=1S/C21H21N3O2S2/c1-13-9-11-28-20(13)19-18(15-6-4-5-10-22-15)23-21(27)24(19)16-8-7-14(25-2)12-17(16)26-3/h4-12,18-19H,1-3H3,(H,23,27)/t18-,19-/m0/s1. The number of aromatic nitrogens is 1. The smallest absolute Gasteiger partial charge is 0.174 e. The second-order valence-corrected chi connectivity index (χ2v) is 7.84. The zero-order valence-corrected chi connectivity index (χ0v) is 17.5. The molecule has 0 spiro atoms. The van der Waals surface area contributed by atoms with Gasteiger partial charge in [0.15, 0.2) is 5.11 Å². The number of benzene rings is 1. The zero-order chi connectivity index (χ0) is 19.7. The third-order valence-corrected chi connectivity index (χ3v) is 6.32. The van der Waals surface area contributed by atoms with Gasteiger partial charge in [-0.3, -0.25) is 4.98 Å². The van der Waals surface area contributed by atoms with Crippen molar-refractivity contribution in [1.29, 1.82) is 0 Å². The second kappa shape index (κ2) is 7.77. The number of nitrogens with one attached hydrogen (secondary N) is 1. The number of hydrogen-bond acceptors (Lipinski definition) is 5. The molecule has 4 rings (SSSR count). The monoisotopic (exact) mass is 411 g/mol. The van der Waals surface area contributed by atoms with E-state index in [1.54, 1.807) is 25.6 Å². The van der Waals surface area contributed by atoms with E-state index < -0.39 is 0 Å². The van der Waals surface area contributed by atoms with E-state index in [1.165, 1.54) is 10.4 Å². The second-order valence-electron chi connectivity index (χ2n) is 6.50. The lowest BCUT2D eigenvalue weighted by molar-refractivity contribution is 0.394. The van der Waals surface area contributed by atoms with Crippen molar-refractivity contribution in [3.05, 3.63) is 70.2 Å². The molecule has 1 aromatic carbocycles. The van der Waals surface area contributed by atoms with Crippen molar-refractivity contribution in [3.8, 4) is 11.5 Å². The van der Waals surface area contributed by atoms with Crippen LogP contribution in [0.2, 0.25) is 0 Å². The van der Waals surface area contributed by atoms with E-state index in [1.807, 2.05) is 42.6 Å². The summed E-state index contributed by atoms with van der Waals surface area (Å²) in [5.41, 5.74) is 3.09. The Morgan fingerprint density at radius 3 is 2.64 bits per heavy atom.